The Hall–Kier alpha value is -2.73. The van der Waals surface area contributed by atoms with Crippen LogP contribution in [0.4, 0.5) is 11.4 Å². The number of benzene rings is 2. The summed E-state index contributed by atoms with van der Waals surface area (Å²) in [5.41, 5.74) is 4.31. The average Bonchev–Trinajstić information content (AvgIpc) is 3.14. The van der Waals surface area contributed by atoms with Crippen molar-refractivity contribution < 1.29 is 9.59 Å². The molecule has 0 aromatic heterocycles. The Morgan fingerprint density at radius 2 is 1.58 bits per heavy atom. The number of fused-ring (bicyclic) bond motifs is 1. The van der Waals surface area contributed by atoms with E-state index in [4.69, 9.17) is 11.6 Å². The van der Waals surface area contributed by atoms with Crippen molar-refractivity contribution in [2.24, 2.45) is 10.3 Å². The molecule has 2 aromatic carbocycles. The number of nitrogens with zero attached hydrogens (tertiary/aromatic N) is 4. The molecule has 0 N–H and O–H groups in total. The topological polar surface area (TPSA) is 65.3 Å². The minimum Gasteiger partial charge on any atom is -0.271 e. The van der Waals surface area contributed by atoms with Crippen LogP contribution in [0.15, 0.2) is 46.7 Å². The number of hydrogen-bond acceptors (Lipinski definition) is 5. The number of carbonyl (C=O) groups is 2. The molecule has 2 amide bonds. The summed E-state index contributed by atoms with van der Waals surface area (Å²) in [5, 5.41) is 10.2. The first-order valence-electron chi connectivity index (χ1n) is 8.29. The Balaban J connectivity index is 1.71. The Kier molecular flexibility index (Phi) is 3.80. The molecule has 2 aliphatic heterocycles. The van der Waals surface area contributed by atoms with E-state index in [0.717, 1.165) is 27.3 Å². The van der Waals surface area contributed by atoms with Crippen LogP contribution in [-0.4, -0.2) is 23.9 Å². The van der Waals surface area contributed by atoms with E-state index in [2.05, 4.69) is 10.3 Å². The summed E-state index contributed by atoms with van der Waals surface area (Å²) in [6.07, 6.45) is 0. The van der Waals surface area contributed by atoms with E-state index in [1.807, 2.05) is 39.0 Å². The van der Waals surface area contributed by atoms with Crippen LogP contribution in [0.1, 0.15) is 16.7 Å². The number of anilines is 2. The molecule has 2 aliphatic rings. The van der Waals surface area contributed by atoms with Gasteiger partial charge < -0.3 is 0 Å². The Morgan fingerprint density at radius 3 is 2.27 bits per heavy atom. The van der Waals surface area contributed by atoms with Gasteiger partial charge in [0.1, 0.15) is 0 Å². The smallest absolute Gasteiger partial charge is 0.263 e. The highest BCUT2D eigenvalue weighted by molar-refractivity contribution is 6.32. The fourth-order valence-electron chi connectivity index (χ4n) is 3.22. The lowest BCUT2D eigenvalue weighted by atomic mass is 10.1. The molecule has 0 saturated carbocycles. The summed E-state index contributed by atoms with van der Waals surface area (Å²) in [6, 6.07) is 9.34. The number of imide groups is 1. The summed E-state index contributed by atoms with van der Waals surface area (Å²) < 4.78 is 0. The second kappa shape index (κ2) is 5.92. The third kappa shape index (κ3) is 2.41. The highest BCUT2D eigenvalue weighted by atomic mass is 35.5. The number of halogens is 1. The molecule has 0 spiro atoms. The molecule has 0 radical (unpaired) electrons. The largest absolute Gasteiger partial charge is 0.271 e. The van der Waals surface area contributed by atoms with Crippen molar-refractivity contribution in [2.45, 2.75) is 32.9 Å². The molecule has 0 unspecified atom stereocenters. The van der Waals surface area contributed by atoms with Crippen molar-refractivity contribution in [3.8, 4) is 0 Å². The molecule has 2 heterocycles. The summed E-state index contributed by atoms with van der Waals surface area (Å²) >= 11 is 6.16. The van der Waals surface area contributed by atoms with Crippen LogP contribution in [0.25, 0.3) is 0 Å². The lowest BCUT2D eigenvalue weighted by Gasteiger charge is -2.21. The maximum absolute atomic E-state index is 13.0. The molecule has 0 aliphatic carbocycles. The third-order valence-electron chi connectivity index (χ3n) is 4.95. The van der Waals surface area contributed by atoms with Gasteiger partial charge in [-0.25, -0.2) is 9.91 Å². The van der Waals surface area contributed by atoms with Crippen molar-refractivity contribution in [1.82, 2.24) is 0 Å². The van der Waals surface area contributed by atoms with E-state index in [0.29, 0.717) is 10.7 Å². The van der Waals surface area contributed by atoms with Gasteiger partial charge in [0.25, 0.3) is 11.8 Å². The molecule has 1 saturated heterocycles. The Bertz CT molecular complexity index is 972. The molecule has 1 fully saturated rings. The standard InChI is InChI=1S/C19H17ClN4O2/c1-10-4-7-14(8-12(10)3)24-17-16(21-22-24)18(25)23(19(17)26)13-6-5-11(2)15(20)9-13/h4-9,16-17H,1-3H3/t16-,17-/m1/s1. The van der Waals surface area contributed by atoms with Crippen molar-refractivity contribution in [1.29, 1.82) is 0 Å². The van der Waals surface area contributed by atoms with Crippen LogP contribution in [0.2, 0.25) is 5.02 Å². The van der Waals surface area contributed by atoms with Gasteiger partial charge in [0.05, 0.1) is 11.4 Å². The van der Waals surface area contributed by atoms with Gasteiger partial charge in [0.15, 0.2) is 12.1 Å². The van der Waals surface area contributed by atoms with E-state index in [9.17, 15) is 9.59 Å². The van der Waals surface area contributed by atoms with Crippen molar-refractivity contribution in [3.05, 3.63) is 58.1 Å². The van der Waals surface area contributed by atoms with Crippen LogP contribution in [0.3, 0.4) is 0 Å². The minimum atomic E-state index is -0.829. The number of rotatable bonds is 2. The summed E-state index contributed by atoms with van der Waals surface area (Å²) in [5.74, 6) is -0.724. The van der Waals surface area contributed by atoms with Crippen LogP contribution >= 0.6 is 11.6 Å². The second-order valence-electron chi connectivity index (χ2n) is 6.65. The van der Waals surface area contributed by atoms with E-state index < -0.39 is 12.1 Å². The van der Waals surface area contributed by atoms with Crippen LogP contribution < -0.4 is 9.91 Å². The second-order valence-corrected chi connectivity index (χ2v) is 7.06. The molecule has 4 rings (SSSR count). The number of hydrogen-bond donors (Lipinski definition) is 0. The van der Waals surface area contributed by atoms with Gasteiger partial charge in [-0.3, -0.25) is 9.59 Å². The first-order valence-corrected chi connectivity index (χ1v) is 8.67. The predicted octanol–water partition coefficient (Wildman–Crippen LogP) is 3.76. The van der Waals surface area contributed by atoms with Gasteiger partial charge in [-0.1, -0.05) is 29.0 Å². The third-order valence-corrected chi connectivity index (χ3v) is 5.36. The Morgan fingerprint density at radius 1 is 0.885 bits per heavy atom. The molecule has 132 valence electrons. The minimum absolute atomic E-state index is 0.344. The molecular formula is C19H17ClN4O2. The lowest BCUT2D eigenvalue weighted by molar-refractivity contribution is -0.121. The number of aryl methyl sites for hydroxylation is 3. The average molecular weight is 369 g/mol. The highest BCUT2D eigenvalue weighted by Gasteiger charge is 2.55. The first-order chi connectivity index (χ1) is 12.4. The number of carbonyl (C=O) groups excluding carboxylic acids is 2. The molecule has 6 nitrogen and oxygen atoms in total. The van der Waals surface area contributed by atoms with Crippen molar-refractivity contribution in [2.75, 3.05) is 9.91 Å². The van der Waals surface area contributed by atoms with Crippen molar-refractivity contribution in [3.63, 3.8) is 0 Å². The fourth-order valence-corrected chi connectivity index (χ4v) is 3.39. The normalized spacial score (nSPS) is 21.7. The van der Waals surface area contributed by atoms with Crippen molar-refractivity contribution >= 4 is 34.8 Å². The molecule has 26 heavy (non-hydrogen) atoms. The highest BCUT2D eigenvalue weighted by Crippen LogP contribution is 2.36. The maximum Gasteiger partial charge on any atom is 0.263 e. The predicted molar refractivity (Wildman–Crippen MR) is 99.5 cm³/mol. The van der Waals surface area contributed by atoms with Crippen LogP contribution in [0, 0.1) is 20.8 Å². The number of amides is 2. The summed E-state index contributed by atoms with van der Waals surface area (Å²) in [6.45, 7) is 5.87. The van der Waals surface area contributed by atoms with Gasteiger partial charge in [-0.2, -0.15) is 5.11 Å². The zero-order valence-corrected chi connectivity index (χ0v) is 15.4. The van der Waals surface area contributed by atoms with E-state index in [1.54, 1.807) is 18.2 Å². The van der Waals surface area contributed by atoms with Gasteiger partial charge in [-0.15, -0.1) is 0 Å². The summed E-state index contributed by atoms with van der Waals surface area (Å²) in [7, 11) is 0. The van der Waals surface area contributed by atoms with Crippen LogP contribution in [0.5, 0.6) is 0 Å². The lowest BCUT2D eigenvalue weighted by Crippen LogP contribution is -2.40. The molecule has 2 atom stereocenters. The van der Waals surface area contributed by atoms with Gasteiger partial charge in [-0.05, 0) is 61.7 Å². The van der Waals surface area contributed by atoms with E-state index in [-0.39, 0.29) is 11.8 Å². The van der Waals surface area contributed by atoms with Crippen LogP contribution in [-0.2, 0) is 9.59 Å². The summed E-state index contributed by atoms with van der Waals surface area (Å²) in [4.78, 5) is 27.0. The molecule has 2 aromatic rings. The maximum atomic E-state index is 13.0. The zero-order chi connectivity index (χ0) is 18.6. The molecular weight excluding hydrogens is 352 g/mol. The molecule has 0 bridgehead atoms. The fraction of sp³-hybridized carbons (Fsp3) is 0.263. The Labute approximate surface area is 156 Å². The van der Waals surface area contributed by atoms with Gasteiger partial charge in [0, 0.05) is 5.02 Å². The van der Waals surface area contributed by atoms with Gasteiger partial charge >= 0.3 is 0 Å². The zero-order valence-electron chi connectivity index (χ0n) is 14.6. The van der Waals surface area contributed by atoms with E-state index >= 15 is 0 Å². The first kappa shape index (κ1) is 16.7. The quantitative estimate of drug-likeness (QED) is 0.758. The van der Waals surface area contributed by atoms with E-state index in [1.165, 1.54) is 5.01 Å². The molecule has 7 heteroatoms. The monoisotopic (exact) mass is 368 g/mol. The SMILES string of the molecule is Cc1ccc(N2N=N[C@H]3C(=O)N(c4ccc(C)c(Cl)c4)C(=O)[C@@H]32)cc1C. The van der Waals surface area contributed by atoms with Gasteiger partial charge in [0.2, 0.25) is 0 Å².